The lowest BCUT2D eigenvalue weighted by atomic mass is 10.1. The number of aliphatic hydroxyl groups is 1. The summed E-state index contributed by atoms with van der Waals surface area (Å²) in [6.07, 6.45) is 0.256. The van der Waals surface area contributed by atoms with Gasteiger partial charge in [-0.25, -0.2) is 15.0 Å². The Balaban J connectivity index is 1.51. The van der Waals surface area contributed by atoms with E-state index in [4.69, 9.17) is 0 Å². The van der Waals surface area contributed by atoms with Crippen LogP contribution in [0.2, 0.25) is 0 Å². The number of nitrogens with one attached hydrogen (secondary N) is 3. The van der Waals surface area contributed by atoms with Gasteiger partial charge in [0.1, 0.15) is 17.0 Å². The van der Waals surface area contributed by atoms with Crippen LogP contribution in [0.25, 0.3) is 22.3 Å². The molecule has 2 saturated heterocycles. The first-order valence-electron chi connectivity index (χ1n) is 11.1. The van der Waals surface area contributed by atoms with Gasteiger partial charge in [0.25, 0.3) is 0 Å². The first-order valence-corrected chi connectivity index (χ1v) is 11.1. The largest absolute Gasteiger partial charge is 0.419 e. The van der Waals surface area contributed by atoms with E-state index in [0.717, 1.165) is 25.6 Å². The van der Waals surface area contributed by atoms with Crippen LogP contribution in [0.1, 0.15) is 31.7 Å². The average molecular weight is 461 g/mol. The standard InChI is InChI=1S/C22H26F3N7O/c1-21(33)6-8-32(12-21)17-5-4-14-15(10-27-19(14)30-17)18-16(22(23,24)25)11-28-20(31-18)29-13-3-2-7-26-9-13/h4-5,10-11,13,26,33H,2-3,6-9,12H2,1H3,(H,27,30)(H,28,29,31). The topological polar surface area (TPSA) is 102 Å². The minimum atomic E-state index is -4.60. The van der Waals surface area contributed by atoms with Crippen molar-refractivity contribution < 1.29 is 18.3 Å². The lowest BCUT2D eigenvalue weighted by Gasteiger charge is -2.24. The monoisotopic (exact) mass is 461 g/mol. The number of β-amino-alcohol motifs (C(OH)–C–C–N with tert-alkyl or cyclic N) is 1. The van der Waals surface area contributed by atoms with Crippen LogP contribution < -0.4 is 15.5 Å². The average Bonchev–Trinajstić information content (AvgIpc) is 3.36. The zero-order chi connectivity index (χ0) is 23.2. The van der Waals surface area contributed by atoms with Crippen molar-refractivity contribution in [1.29, 1.82) is 0 Å². The Bertz CT molecular complexity index is 1150. The van der Waals surface area contributed by atoms with Gasteiger partial charge >= 0.3 is 6.18 Å². The summed E-state index contributed by atoms with van der Waals surface area (Å²) >= 11 is 0. The van der Waals surface area contributed by atoms with Crippen LogP contribution in [0.15, 0.2) is 24.5 Å². The number of halogens is 3. The third-order valence-corrected chi connectivity index (χ3v) is 6.28. The summed E-state index contributed by atoms with van der Waals surface area (Å²) < 4.78 is 41.4. The van der Waals surface area contributed by atoms with Gasteiger partial charge < -0.3 is 25.6 Å². The number of hydrogen-bond acceptors (Lipinski definition) is 7. The fourth-order valence-electron chi connectivity index (χ4n) is 4.53. The van der Waals surface area contributed by atoms with Gasteiger partial charge in [-0.3, -0.25) is 0 Å². The molecule has 8 nitrogen and oxygen atoms in total. The van der Waals surface area contributed by atoms with Crippen LogP contribution in [0.4, 0.5) is 24.9 Å². The Morgan fingerprint density at radius 1 is 1.27 bits per heavy atom. The van der Waals surface area contributed by atoms with Gasteiger partial charge in [0.2, 0.25) is 5.95 Å². The maximum absolute atomic E-state index is 13.8. The second kappa shape index (κ2) is 8.14. The molecular formula is C22H26F3N7O. The first-order chi connectivity index (χ1) is 15.7. The van der Waals surface area contributed by atoms with Crippen molar-refractivity contribution in [1.82, 2.24) is 25.3 Å². The van der Waals surface area contributed by atoms with E-state index in [2.05, 4.69) is 30.6 Å². The van der Waals surface area contributed by atoms with Crippen LogP contribution >= 0.6 is 0 Å². The number of fused-ring (bicyclic) bond motifs is 1. The Kier molecular flexibility index (Phi) is 5.40. The lowest BCUT2D eigenvalue weighted by molar-refractivity contribution is -0.137. The molecule has 3 aromatic heterocycles. The van der Waals surface area contributed by atoms with E-state index in [-0.39, 0.29) is 17.7 Å². The molecule has 0 spiro atoms. The Labute approximate surface area is 188 Å². The molecule has 5 rings (SSSR count). The van der Waals surface area contributed by atoms with Crippen LogP contribution in [-0.4, -0.2) is 62.9 Å². The van der Waals surface area contributed by atoms with Gasteiger partial charge in [-0.15, -0.1) is 0 Å². The predicted octanol–water partition coefficient (Wildman–Crippen LogP) is 3.16. The summed E-state index contributed by atoms with van der Waals surface area (Å²) in [7, 11) is 0. The molecule has 33 heavy (non-hydrogen) atoms. The number of pyridine rings is 1. The maximum Gasteiger partial charge on any atom is 0.419 e. The number of alkyl halides is 3. The Morgan fingerprint density at radius 2 is 2.12 bits per heavy atom. The van der Waals surface area contributed by atoms with Gasteiger partial charge in [0, 0.05) is 49.0 Å². The smallest absolute Gasteiger partial charge is 0.388 e. The van der Waals surface area contributed by atoms with E-state index in [9.17, 15) is 18.3 Å². The van der Waals surface area contributed by atoms with Crippen LogP contribution in [-0.2, 0) is 6.18 Å². The zero-order valence-corrected chi connectivity index (χ0v) is 18.2. The molecule has 0 amide bonds. The Hall–Kier alpha value is -2.92. The highest BCUT2D eigenvalue weighted by atomic mass is 19.4. The molecule has 0 aliphatic carbocycles. The number of H-pyrrole nitrogens is 1. The number of anilines is 2. The van der Waals surface area contributed by atoms with Crippen LogP contribution in [0, 0.1) is 0 Å². The summed E-state index contributed by atoms with van der Waals surface area (Å²) in [4.78, 5) is 17.8. The lowest BCUT2D eigenvalue weighted by Crippen LogP contribution is -2.38. The molecule has 5 heterocycles. The van der Waals surface area contributed by atoms with Gasteiger partial charge in [-0.2, -0.15) is 13.2 Å². The molecule has 2 aliphatic heterocycles. The molecular weight excluding hydrogens is 435 g/mol. The molecule has 0 saturated carbocycles. The van der Waals surface area contributed by atoms with Gasteiger partial charge in [-0.1, -0.05) is 0 Å². The Morgan fingerprint density at radius 3 is 2.82 bits per heavy atom. The predicted molar refractivity (Wildman–Crippen MR) is 119 cm³/mol. The minimum absolute atomic E-state index is 0.0631. The maximum atomic E-state index is 13.8. The summed E-state index contributed by atoms with van der Waals surface area (Å²) in [6, 6.07) is 3.58. The highest BCUT2D eigenvalue weighted by molar-refractivity contribution is 5.94. The molecule has 0 radical (unpaired) electrons. The summed E-state index contributed by atoms with van der Waals surface area (Å²) in [5.41, 5.74) is -1.08. The summed E-state index contributed by atoms with van der Waals surface area (Å²) in [6.45, 7) is 4.53. The minimum Gasteiger partial charge on any atom is -0.388 e. The number of rotatable bonds is 4. The molecule has 3 aromatic rings. The van der Waals surface area contributed by atoms with Crippen LogP contribution in [0.3, 0.4) is 0 Å². The third-order valence-electron chi connectivity index (χ3n) is 6.28. The van der Waals surface area contributed by atoms with Crippen molar-refractivity contribution in [2.45, 2.75) is 44.0 Å². The molecule has 4 N–H and O–H groups in total. The number of aromatic amines is 1. The molecule has 11 heteroatoms. The normalized spacial score (nSPS) is 23.9. The second-order valence-corrected chi connectivity index (χ2v) is 9.08. The first kappa shape index (κ1) is 21.9. The molecule has 176 valence electrons. The number of piperidine rings is 1. The summed E-state index contributed by atoms with van der Waals surface area (Å²) in [5, 5.41) is 17.2. The van der Waals surface area contributed by atoms with Crippen LogP contribution in [0.5, 0.6) is 0 Å². The molecule has 2 unspecified atom stereocenters. The SMILES string of the molecule is CC1(O)CCN(c2ccc3c(-c4nc(NC5CCCNC5)ncc4C(F)(F)F)c[nH]c3n2)C1. The zero-order valence-electron chi connectivity index (χ0n) is 18.2. The fourth-order valence-corrected chi connectivity index (χ4v) is 4.53. The van der Waals surface area contributed by atoms with Crippen molar-refractivity contribution in [2.24, 2.45) is 0 Å². The van der Waals surface area contributed by atoms with Crippen molar-refractivity contribution in [3.8, 4) is 11.3 Å². The van der Waals surface area contributed by atoms with Crippen molar-refractivity contribution in [3.05, 3.63) is 30.1 Å². The highest BCUT2D eigenvalue weighted by Gasteiger charge is 2.36. The third kappa shape index (κ3) is 4.47. The second-order valence-electron chi connectivity index (χ2n) is 9.08. The number of nitrogens with zero attached hydrogens (tertiary/aromatic N) is 4. The van der Waals surface area contributed by atoms with Gasteiger partial charge in [-0.05, 0) is 44.9 Å². The molecule has 0 bridgehead atoms. The highest BCUT2D eigenvalue weighted by Crippen LogP contribution is 2.39. The van der Waals surface area contributed by atoms with Gasteiger partial charge in [0.05, 0.1) is 11.3 Å². The van der Waals surface area contributed by atoms with E-state index in [1.165, 1.54) is 6.20 Å². The van der Waals surface area contributed by atoms with E-state index in [1.54, 1.807) is 19.1 Å². The number of hydrogen-bond donors (Lipinski definition) is 4. The van der Waals surface area contributed by atoms with Crippen molar-refractivity contribution in [3.63, 3.8) is 0 Å². The molecule has 2 fully saturated rings. The van der Waals surface area contributed by atoms with Gasteiger partial charge in [0.15, 0.2) is 0 Å². The molecule has 0 aromatic carbocycles. The van der Waals surface area contributed by atoms with Crippen molar-refractivity contribution in [2.75, 3.05) is 36.4 Å². The van der Waals surface area contributed by atoms with E-state index in [0.29, 0.717) is 48.5 Å². The van der Waals surface area contributed by atoms with E-state index >= 15 is 0 Å². The van der Waals surface area contributed by atoms with E-state index < -0.39 is 17.3 Å². The molecule has 2 atom stereocenters. The number of aromatic nitrogens is 4. The quantitative estimate of drug-likeness (QED) is 0.473. The van der Waals surface area contributed by atoms with E-state index in [1.807, 2.05) is 4.90 Å². The summed E-state index contributed by atoms with van der Waals surface area (Å²) in [5.74, 6) is 0.837. The van der Waals surface area contributed by atoms with Crippen molar-refractivity contribution >= 4 is 22.8 Å². The fraction of sp³-hybridized carbons (Fsp3) is 0.500. The molecule has 2 aliphatic rings.